The zero-order chi connectivity index (χ0) is 16.8. The van der Waals surface area contributed by atoms with Crippen LogP contribution in [-0.2, 0) is 17.6 Å². The van der Waals surface area contributed by atoms with E-state index in [-0.39, 0.29) is 5.91 Å². The molecule has 24 heavy (non-hydrogen) atoms. The second-order valence-electron chi connectivity index (χ2n) is 6.70. The first-order chi connectivity index (χ1) is 11.8. The average Bonchev–Trinajstić information content (AvgIpc) is 2.58. The van der Waals surface area contributed by atoms with Crippen molar-refractivity contribution in [3.05, 3.63) is 22.9 Å². The molecule has 5 heteroatoms. The third-order valence-electron chi connectivity index (χ3n) is 4.93. The number of aryl methyl sites for hydroxylation is 2. The van der Waals surface area contributed by atoms with Crippen molar-refractivity contribution in [3.8, 4) is 6.07 Å². The Hall–Kier alpha value is -1.54. The maximum atomic E-state index is 12.5. The van der Waals surface area contributed by atoms with Crippen LogP contribution in [0, 0.1) is 11.3 Å². The molecule has 0 spiro atoms. The monoisotopic (exact) mass is 343 g/mol. The SMILES string of the molecule is N#Cc1cc2c(nc1SCC(=O)N1CCCCCCC1)CCCC2. The molecule has 1 saturated heterocycles. The second kappa shape index (κ2) is 8.53. The van der Waals surface area contributed by atoms with Gasteiger partial charge in [-0.25, -0.2) is 4.98 Å². The summed E-state index contributed by atoms with van der Waals surface area (Å²) >= 11 is 1.43. The fourth-order valence-electron chi connectivity index (χ4n) is 3.52. The number of hydrogen-bond donors (Lipinski definition) is 0. The van der Waals surface area contributed by atoms with E-state index in [1.54, 1.807) is 0 Å². The van der Waals surface area contributed by atoms with Crippen LogP contribution in [0.1, 0.15) is 61.8 Å². The number of pyridine rings is 1. The number of likely N-dealkylation sites (tertiary alicyclic amines) is 1. The van der Waals surface area contributed by atoms with Crippen molar-refractivity contribution in [1.82, 2.24) is 9.88 Å². The second-order valence-corrected chi connectivity index (χ2v) is 7.67. The van der Waals surface area contributed by atoms with Gasteiger partial charge in [-0.1, -0.05) is 31.0 Å². The third-order valence-corrected chi connectivity index (χ3v) is 5.90. The predicted molar refractivity (Wildman–Crippen MR) is 96.0 cm³/mol. The predicted octanol–water partition coefficient (Wildman–Crippen LogP) is 3.72. The first-order valence-corrected chi connectivity index (χ1v) is 10.1. The van der Waals surface area contributed by atoms with Gasteiger partial charge in [0.2, 0.25) is 5.91 Å². The molecule has 1 aromatic heterocycles. The summed E-state index contributed by atoms with van der Waals surface area (Å²) in [6.07, 6.45) is 10.3. The summed E-state index contributed by atoms with van der Waals surface area (Å²) < 4.78 is 0. The average molecular weight is 343 g/mol. The lowest BCUT2D eigenvalue weighted by atomic mass is 9.95. The molecule has 0 unspecified atom stereocenters. The molecule has 0 atom stereocenters. The zero-order valence-corrected chi connectivity index (χ0v) is 15.0. The zero-order valence-electron chi connectivity index (χ0n) is 14.2. The smallest absolute Gasteiger partial charge is 0.232 e. The Morgan fingerprint density at radius 2 is 1.83 bits per heavy atom. The van der Waals surface area contributed by atoms with Crippen molar-refractivity contribution in [2.45, 2.75) is 62.8 Å². The van der Waals surface area contributed by atoms with Gasteiger partial charge in [0.1, 0.15) is 11.1 Å². The lowest BCUT2D eigenvalue weighted by molar-refractivity contribution is -0.128. The Balaban J connectivity index is 1.65. The summed E-state index contributed by atoms with van der Waals surface area (Å²) in [5, 5.41) is 10.1. The van der Waals surface area contributed by atoms with Crippen LogP contribution < -0.4 is 0 Å². The summed E-state index contributed by atoms with van der Waals surface area (Å²) in [5.41, 5.74) is 2.97. The van der Waals surface area contributed by atoms with E-state index in [1.165, 1.54) is 49.4 Å². The number of carbonyl (C=O) groups is 1. The largest absolute Gasteiger partial charge is 0.342 e. The van der Waals surface area contributed by atoms with Crippen molar-refractivity contribution in [2.24, 2.45) is 0 Å². The Kier molecular flexibility index (Phi) is 6.14. The Labute approximate surface area is 148 Å². The van der Waals surface area contributed by atoms with E-state index in [0.717, 1.165) is 49.5 Å². The van der Waals surface area contributed by atoms with E-state index in [9.17, 15) is 10.1 Å². The van der Waals surface area contributed by atoms with Gasteiger partial charge in [-0.3, -0.25) is 4.79 Å². The Bertz CT molecular complexity index is 630. The van der Waals surface area contributed by atoms with E-state index in [0.29, 0.717) is 11.3 Å². The van der Waals surface area contributed by atoms with Gasteiger partial charge in [0, 0.05) is 18.8 Å². The third kappa shape index (κ3) is 4.30. The van der Waals surface area contributed by atoms with Crippen LogP contribution in [0.15, 0.2) is 11.1 Å². The lowest BCUT2D eigenvalue weighted by Gasteiger charge is -2.24. The number of nitrogens with zero attached hydrogens (tertiary/aromatic N) is 3. The van der Waals surface area contributed by atoms with Crippen LogP contribution >= 0.6 is 11.8 Å². The molecule has 1 amide bonds. The molecule has 3 rings (SSSR count). The molecular weight excluding hydrogens is 318 g/mol. The van der Waals surface area contributed by atoms with Gasteiger partial charge in [-0.2, -0.15) is 5.26 Å². The quantitative estimate of drug-likeness (QED) is 0.785. The number of thioether (sulfide) groups is 1. The first kappa shape index (κ1) is 17.3. The lowest BCUT2D eigenvalue weighted by Crippen LogP contribution is -2.35. The molecule has 2 aliphatic rings. The van der Waals surface area contributed by atoms with Gasteiger partial charge in [0.25, 0.3) is 0 Å². The molecule has 0 aromatic carbocycles. The molecule has 2 heterocycles. The van der Waals surface area contributed by atoms with Crippen LogP contribution in [0.2, 0.25) is 0 Å². The van der Waals surface area contributed by atoms with Gasteiger partial charge in [0.15, 0.2) is 0 Å². The summed E-state index contributed by atoms with van der Waals surface area (Å²) in [5.74, 6) is 0.575. The van der Waals surface area contributed by atoms with Crippen LogP contribution in [0.4, 0.5) is 0 Å². The molecule has 1 aliphatic carbocycles. The molecular formula is C19H25N3OS. The van der Waals surface area contributed by atoms with Gasteiger partial charge in [-0.05, 0) is 50.2 Å². The highest BCUT2D eigenvalue weighted by atomic mass is 32.2. The van der Waals surface area contributed by atoms with E-state index < -0.39 is 0 Å². The van der Waals surface area contributed by atoms with Crippen molar-refractivity contribution in [2.75, 3.05) is 18.8 Å². The number of nitriles is 1. The molecule has 128 valence electrons. The van der Waals surface area contributed by atoms with Gasteiger partial charge in [-0.15, -0.1) is 0 Å². The highest BCUT2D eigenvalue weighted by Gasteiger charge is 2.19. The minimum Gasteiger partial charge on any atom is -0.342 e. The van der Waals surface area contributed by atoms with Crippen molar-refractivity contribution in [1.29, 1.82) is 5.26 Å². The minimum absolute atomic E-state index is 0.185. The minimum atomic E-state index is 0.185. The summed E-state index contributed by atoms with van der Waals surface area (Å²) in [6, 6.07) is 4.25. The number of aromatic nitrogens is 1. The van der Waals surface area contributed by atoms with E-state index in [1.807, 2.05) is 11.0 Å². The number of carbonyl (C=O) groups excluding carboxylic acids is 1. The maximum absolute atomic E-state index is 12.5. The summed E-state index contributed by atoms with van der Waals surface area (Å²) in [4.78, 5) is 19.2. The maximum Gasteiger partial charge on any atom is 0.232 e. The van der Waals surface area contributed by atoms with Crippen molar-refractivity contribution < 1.29 is 4.79 Å². The Morgan fingerprint density at radius 3 is 2.58 bits per heavy atom. The number of amides is 1. The molecule has 1 aliphatic heterocycles. The number of rotatable bonds is 3. The fraction of sp³-hybridized carbons (Fsp3) is 0.632. The molecule has 4 nitrogen and oxygen atoms in total. The highest BCUT2D eigenvalue weighted by Crippen LogP contribution is 2.27. The molecule has 0 radical (unpaired) electrons. The molecule has 1 fully saturated rings. The van der Waals surface area contributed by atoms with Crippen LogP contribution in [0.25, 0.3) is 0 Å². The highest BCUT2D eigenvalue weighted by molar-refractivity contribution is 7.99. The number of fused-ring (bicyclic) bond motifs is 1. The summed E-state index contributed by atoms with van der Waals surface area (Å²) in [7, 11) is 0. The molecule has 0 saturated carbocycles. The van der Waals surface area contributed by atoms with Crippen molar-refractivity contribution in [3.63, 3.8) is 0 Å². The Morgan fingerprint density at radius 1 is 1.12 bits per heavy atom. The summed E-state index contributed by atoms with van der Waals surface area (Å²) in [6.45, 7) is 1.75. The van der Waals surface area contributed by atoms with Crippen LogP contribution in [-0.4, -0.2) is 34.6 Å². The van der Waals surface area contributed by atoms with Gasteiger partial charge >= 0.3 is 0 Å². The van der Waals surface area contributed by atoms with E-state index in [4.69, 9.17) is 4.98 Å². The topological polar surface area (TPSA) is 57.0 Å². The van der Waals surface area contributed by atoms with Crippen LogP contribution in [0.5, 0.6) is 0 Å². The molecule has 0 N–H and O–H groups in total. The fourth-order valence-corrected chi connectivity index (χ4v) is 4.40. The van der Waals surface area contributed by atoms with Crippen LogP contribution in [0.3, 0.4) is 0 Å². The standard InChI is InChI=1S/C19H25N3OS/c20-13-16-12-15-8-4-5-9-17(15)21-19(16)24-14-18(23)22-10-6-2-1-3-7-11-22/h12H,1-11,14H2. The first-order valence-electron chi connectivity index (χ1n) is 9.11. The van der Waals surface area contributed by atoms with Crippen molar-refractivity contribution >= 4 is 17.7 Å². The van der Waals surface area contributed by atoms with E-state index >= 15 is 0 Å². The number of hydrogen-bond acceptors (Lipinski definition) is 4. The van der Waals surface area contributed by atoms with E-state index in [2.05, 4.69) is 6.07 Å². The normalized spacial score (nSPS) is 18.2. The van der Waals surface area contributed by atoms with Gasteiger partial charge < -0.3 is 4.90 Å². The molecule has 1 aromatic rings. The van der Waals surface area contributed by atoms with Gasteiger partial charge in [0.05, 0.1) is 11.3 Å². The molecule has 0 bridgehead atoms.